The minimum atomic E-state index is -3.64. The molecule has 0 saturated heterocycles. The van der Waals surface area contributed by atoms with E-state index in [9.17, 15) is 8.42 Å². The molecule has 2 aromatic carbocycles. The third-order valence-electron chi connectivity index (χ3n) is 3.93. The lowest BCUT2D eigenvalue weighted by Crippen LogP contribution is -2.35. The molecule has 0 unspecified atom stereocenters. The first kappa shape index (κ1) is 15.4. The Kier molecular flexibility index (Phi) is 3.97. The Morgan fingerprint density at radius 1 is 1.17 bits per heavy atom. The number of anilines is 1. The van der Waals surface area contributed by atoms with Crippen LogP contribution in [0.3, 0.4) is 0 Å². The fourth-order valence-electron chi connectivity index (χ4n) is 2.74. The maximum absolute atomic E-state index is 12.9. The van der Waals surface area contributed by atoms with E-state index in [0.717, 1.165) is 24.2 Å². The van der Waals surface area contributed by atoms with Crippen molar-refractivity contribution in [3.63, 3.8) is 0 Å². The smallest absolute Gasteiger partial charge is 0.264 e. The Labute approximate surface area is 135 Å². The molecule has 2 aromatic rings. The van der Waals surface area contributed by atoms with E-state index in [1.807, 2.05) is 12.1 Å². The number of sulfonamides is 1. The second-order valence-corrected chi connectivity index (χ2v) is 7.17. The van der Waals surface area contributed by atoms with E-state index in [-0.39, 0.29) is 4.90 Å². The summed E-state index contributed by atoms with van der Waals surface area (Å²) < 4.78 is 32.5. The summed E-state index contributed by atoms with van der Waals surface area (Å²) in [6.07, 6.45) is 1.58. The van der Waals surface area contributed by atoms with Crippen molar-refractivity contribution in [2.24, 2.45) is 0 Å². The summed E-state index contributed by atoms with van der Waals surface area (Å²) in [4.78, 5) is 0.195. The molecule has 1 heterocycles. The highest BCUT2D eigenvalue weighted by molar-refractivity contribution is 7.92. The summed E-state index contributed by atoms with van der Waals surface area (Å²) in [5.74, 6) is 0.723. The number of benzene rings is 2. The van der Waals surface area contributed by atoms with Gasteiger partial charge in [0.15, 0.2) is 0 Å². The van der Waals surface area contributed by atoms with Gasteiger partial charge in [0.25, 0.3) is 10.0 Å². The average Bonchev–Trinajstić information content (AvgIpc) is 2.60. The van der Waals surface area contributed by atoms with Gasteiger partial charge in [-0.05, 0) is 60.9 Å². The van der Waals surface area contributed by atoms with Crippen LogP contribution in [-0.4, -0.2) is 22.1 Å². The second kappa shape index (κ2) is 5.94. The van der Waals surface area contributed by atoms with Gasteiger partial charge in [0, 0.05) is 6.54 Å². The van der Waals surface area contributed by atoms with Crippen LogP contribution in [-0.2, 0) is 16.4 Å². The number of fused-ring (bicyclic) bond motifs is 1. The minimum absolute atomic E-state index is 0.195. The zero-order valence-electron chi connectivity index (χ0n) is 12.7. The van der Waals surface area contributed by atoms with Crippen molar-refractivity contribution >= 4 is 15.7 Å². The molecular weight excluding hydrogens is 312 g/mol. The predicted molar refractivity (Wildman–Crippen MR) is 87.0 cm³/mol. The molecule has 1 aliphatic rings. The van der Waals surface area contributed by atoms with Gasteiger partial charge in [0.05, 0.1) is 29.3 Å². The number of ether oxygens (including phenoxy) is 1. The van der Waals surface area contributed by atoms with Gasteiger partial charge in [0.2, 0.25) is 0 Å². The fourth-order valence-corrected chi connectivity index (χ4v) is 4.29. The number of aryl methyl sites for hydroxylation is 1. The van der Waals surface area contributed by atoms with Crippen LogP contribution >= 0.6 is 0 Å². The van der Waals surface area contributed by atoms with Crippen LogP contribution in [0, 0.1) is 11.3 Å². The molecule has 0 fully saturated rings. The first-order valence-corrected chi connectivity index (χ1v) is 8.70. The van der Waals surface area contributed by atoms with Crippen molar-refractivity contribution in [3.8, 4) is 11.8 Å². The molecule has 5 nitrogen and oxygen atoms in total. The number of methoxy groups -OCH3 is 1. The fraction of sp³-hybridized carbons (Fsp3) is 0.235. The number of nitriles is 1. The third kappa shape index (κ3) is 2.76. The van der Waals surface area contributed by atoms with E-state index in [4.69, 9.17) is 10.00 Å². The SMILES string of the molecule is COc1ccc2c(c1)CCCN2S(=O)(=O)c1ccc(C#N)cc1. The van der Waals surface area contributed by atoms with Gasteiger partial charge in [-0.1, -0.05) is 0 Å². The molecule has 0 amide bonds. The van der Waals surface area contributed by atoms with E-state index in [2.05, 4.69) is 0 Å². The molecular formula is C17H16N2O3S. The van der Waals surface area contributed by atoms with Gasteiger partial charge < -0.3 is 4.74 Å². The molecule has 0 aliphatic carbocycles. The monoisotopic (exact) mass is 328 g/mol. The van der Waals surface area contributed by atoms with E-state index >= 15 is 0 Å². The minimum Gasteiger partial charge on any atom is -0.497 e. The number of hydrogen-bond donors (Lipinski definition) is 0. The summed E-state index contributed by atoms with van der Waals surface area (Å²) in [5.41, 5.74) is 2.10. The van der Waals surface area contributed by atoms with Gasteiger partial charge in [-0.2, -0.15) is 5.26 Å². The molecule has 0 atom stereocenters. The van der Waals surface area contributed by atoms with Gasteiger partial charge in [-0.25, -0.2) is 8.42 Å². The van der Waals surface area contributed by atoms with Crippen molar-refractivity contribution in [1.29, 1.82) is 5.26 Å². The summed E-state index contributed by atoms with van der Waals surface area (Å²) in [5, 5.41) is 8.84. The van der Waals surface area contributed by atoms with Gasteiger partial charge in [-0.3, -0.25) is 4.31 Å². The largest absolute Gasteiger partial charge is 0.497 e. The highest BCUT2D eigenvalue weighted by Crippen LogP contribution is 2.34. The molecule has 3 rings (SSSR count). The molecule has 0 bridgehead atoms. The Balaban J connectivity index is 2.03. The number of nitrogens with zero attached hydrogens (tertiary/aromatic N) is 2. The zero-order valence-corrected chi connectivity index (χ0v) is 13.5. The maximum atomic E-state index is 12.9. The Hall–Kier alpha value is -2.52. The number of hydrogen-bond acceptors (Lipinski definition) is 4. The Morgan fingerprint density at radius 3 is 2.57 bits per heavy atom. The van der Waals surface area contributed by atoms with E-state index in [1.165, 1.54) is 28.6 Å². The predicted octanol–water partition coefficient (Wildman–Crippen LogP) is 2.71. The molecule has 0 spiro atoms. The summed E-state index contributed by atoms with van der Waals surface area (Å²) in [6, 6.07) is 13.4. The summed E-state index contributed by atoms with van der Waals surface area (Å²) in [6.45, 7) is 0.446. The van der Waals surface area contributed by atoms with Crippen LogP contribution in [0.25, 0.3) is 0 Å². The maximum Gasteiger partial charge on any atom is 0.264 e. The number of rotatable bonds is 3. The molecule has 0 aromatic heterocycles. The lowest BCUT2D eigenvalue weighted by molar-refractivity contribution is 0.414. The van der Waals surface area contributed by atoms with Gasteiger partial charge in [-0.15, -0.1) is 0 Å². The van der Waals surface area contributed by atoms with E-state index < -0.39 is 10.0 Å². The first-order valence-electron chi connectivity index (χ1n) is 7.26. The topological polar surface area (TPSA) is 70.4 Å². The molecule has 1 aliphatic heterocycles. The van der Waals surface area contributed by atoms with Crippen molar-refractivity contribution in [3.05, 3.63) is 53.6 Å². The molecule has 118 valence electrons. The summed E-state index contributed by atoms with van der Waals surface area (Å²) in [7, 11) is -2.04. The van der Waals surface area contributed by atoms with Crippen LogP contribution in [0.1, 0.15) is 17.5 Å². The van der Waals surface area contributed by atoms with Crippen LogP contribution in [0.15, 0.2) is 47.4 Å². The van der Waals surface area contributed by atoms with E-state index in [1.54, 1.807) is 19.2 Å². The Morgan fingerprint density at radius 2 is 1.91 bits per heavy atom. The highest BCUT2D eigenvalue weighted by atomic mass is 32.2. The van der Waals surface area contributed by atoms with E-state index in [0.29, 0.717) is 17.8 Å². The van der Waals surface area contributed by atoms with Gasteiger partial charge >= 0.3 is 0 Å². The van der Waals surface area contributed by atoms with Crippen molar-refractivity contribution < 1.29 is 13.2 Å². The van der Waals surface area contributed by atoms with Crippen LogP contribution in [0.5, 0.6) is 5.75 Å². The van der Waals surface area contributed by atoms with Gasteiger partial charge in [0.1, 0.15) is 5.75 Å². The van der Waals surface area contributed by atoms with Crippen molar-refractivity contribution in [1.82, 2.24) is 0 Å². The Bertz CT molecular complexity index is 868. The normalized spacial score (nSPS) is 14.0. The molecule has 0 radical (unpaired) electrons. The summed E-state index contributed by atoms with van der Waals surface area (Å²) >= 11 is 0. The van der Waals surface area contributed by atoms with Crippen LogP contribution in [0.4, 0.5) is 5.69 Å². The molecule has 0 saturated carbocycles. The van der Waals surface area contributed by atoms with Crippen molar-refractivity contribution in [2.45, 2.75) is 17.7 Å². The second-order valence-electron chi connectivity index (χ2n) is 5.31. The highest BCUT2D eigenvalue weighted by Gasteiger charge is 2.29. The average molecular weight is 328 g/mol. The molecule has 0 N–H and O–H groups in total. The lowest BCUT2D eigenvalue weighted by Gasteiger charge is -2.30. The van der Waals surface area contributed by atoms with Crippen LogP contribution < -0.4 is 9.04 Å². The lowest BCUT2D eigenvalue weighted by atomic mass is 10.0. The molecule has 6 heteroatoms. The quantitative estimate of drug-likeness (QED) is 0.868. The first-order chi connectivity index (χ1) is 11.1. The van der Waals surface area contributed by atoms with Crippen LogP contribution in [0.2, 0.25) is 0 Å². The standard InChI is InChI=1S/C17H16N2O3S/c1-22-15-6-9-17-14(11-15)3-2-10-19(17)23(20,21)16-7-4-13(12-18)5-8-16/h4-9,11H,2-3,10H2,1H3. The van der Waals surface area contributed by atoms with Crippen molar-refractivity contribution in [2.75, 3.05) is 18.0 Å². The third-order valence-corrected chi connectivity index (χ3v) is 5.76. The molecule has 23 heavy (non-hydrogen) atoms. The zero-order chi connectivity index (χ0) is 16.4.